The molecule has 0 bridgehead atoms. The summed E-state index contributed by atoms with van der Waals surface area (Å²) in [6.45, 7) is 1.52. The Morgan fingerprint density at radius 1 is 1.59 bits per heavy atom. The highest BCUT2D eigenvalue weighted by atomic mass is 32.1. The summed E-state index contributed by atoms with van der Waals surface area (Å²) in [4.78, 5) is 17.1. The Morgan fingerprint density at radius 3 is 2.59 bits per heavy atom. The minimum atomic E-state index is -0.420. The number of hydrogen-bond donors (Lipinski definition) is 1. The van der Waals surface area contributed by atoms with E-state index in [9.17, 15) is 4.79 Å². The molecule has 1 heterocycles. The van der Waals surface area contributed by atoms with E-state index in [0.717, 1.165) is 4.90 Å². The lowest BCUT2D eigenvalue weighted by Gasteiger charge is -2.13. The fraction of sp³-hybridized carbons (Fsp3) is 0.400. The summed E-state index contributed by atoms with van der Waals surface area (Å²) in [5.41, 5.74) is 5.87. The van der Waals surface area contributed by atoms with E-state index in [1.54, 1.807) is 12.3 Å². The lowest BCUT2D eigenvalue weighted by Crippen LogP contribution is -2.32. The number of hydrogen-bond acceptors (Lipinski definition) is 6. The molecular weight excluding hydrogens is 238 g/mol. The quantitative estimate of drug-likeness (QED) is 0.788. The first-order valence-electron chi connectivity index (χ1n) is 4.84. The van der Waals surface area contributed by atoms with Gasteiger partial charge in [-0.3, -0.25) is 4.79 Å². The van der Waals surface area contributed by atoms with Crippen molar-refractivity contribution in [1.82, 2.24) is 9.88 Å². The molecule has 0 aliphatic carbocycles. The zero-order chi connectivity index (χ0) is 12.8. The van der Waals surface area contributed by atoms with Gasteiger partial charge in [0.05, 0.1) is 18.2 Å². The molecule has 2 N–H and O–H groups in total. The van der Waals surface area contributed by atoms with Crippen LogP contribution >= 0.6 is 11.3 Å². The Hall–Kier alpha value is -1.96. The van der Waals surface area contributed by atoms with Gasteiger partial charge in [0.2, 0.25) is 0 Å². The van der Waals surface area contributed by atoms with Crippen LogP contribution < -0.4 is 5.73 Å². The van der Waals surface area contributed by atoms with E-state index in [1.807, 2.05) is 12.1 Å². The number of thiazole rings is 1. The fourth-order valence-corrected chi connectivity index (χ4v) is 1.88. The van der Waals surface area contributed by atoms with Gasteiger partial charge in [-0.05, 0) is 6.92 Å². The van der Waals surface area contributed by atoms with Crippen LogP contribution in [-0.4, -0.2) is 28.9 Å². The molecule has 0 fully saturated rings. The highest BCUT2D eigenvalue weighted by Crippen LogP contribution is 2.16. The van der Waals surface area contributed by atoms with Crippen LogP contribution in [0.1, 0.15) is 28.5 Å². The summed E-state index contributed by atoms with van der Waals surface area (Å²) in [7, 11) is 0. The van der Waals surface area contributed by atoms with Crippen LogP contribution in [0.15, 0.2) is 5.38 Å². The molecule has 0 spiro atoms. The molecule has 0 saturated carbocycles. The fourth-order valence-electron chi connectivity index (χ4n) is 1.13. The third-order valence-corrected chi connectivity index (χ3v) is 2.99. The molecule has 88 valence electrons. The van der Waals surface area contributed by atoms with Gasteiger partial charge in [0.1, 0.15) is 23.8 Å². The minimum absolute atomic E-state index is 0.128. The van der Waals surface area contributed by atoms with Gasteiger partial charge in [0.15, 0.2) is 0 Å². The van der Waals surface area contributed by atoms with Gasteiger partial charge in [-0.2, -0.15) is 10.5 Å². The molecule has 0 aliphatic heterocycles. The average molecular weight is 249 g/mol. The maximum absolute atomic E-state index is 11.9. The van der Waals surface area contributed by atoms with Crippen molar-refractivity contribution in [3.8, 4) is 12.1 Å². The Labute approximate surface area is 103 Å². The summed E-state index contributed by atoms with van der Waals surface area (Å²) in [5, 5.41) is 19.4. The number of amides is 1. The van der Waals surface area contributed by atoms with Gasteiger partial charge in [0.25, 0.3) is 5.91 Å². The molecule has 1 atom stereocenters. The Balaban J connectivity index is 2.86. The second kappa shape index (κ2) is 5.94. The molecule has 0 radical (unpaired) electrons. The molecule has 1 aromatic rings. The number of nitriles is 2. The van der Waals surface area contributed by atoms with E-state index in [4.69, 9.17) is 16.3 Å². The molecular formula is C10H11N5OS. The van der Waals surface area contributed by atoms with Crippen LogP contribution in [0.3, 0.4) is 0 Å². The van der Waals surface area contributed by atoms with Gasteiger partial charge in [0, 0.05) is 5.38 Å². The minimum Gasteiger partial charge on any atom is -0.322 e. The number of nitrogens with two attached hydrogens (primary N) is 1. The molecule has 1 unspecified atom stereocenters. The third-order valence-electron chi connectivity index (χ3n) is 1.94. The zero-order valence-electron chi connectivity index (χ0n) is 9.25. The molecule has 6 nitrogen and oxygen atoms in total. The van der Waals surface area contributed by atoms with Crippen molar-refractivity contribution in [3.05, 3.63) is 16.1 Å². The number of rotatable bonds is 4. The van der Waals surface area contributed by atoms with Crippen molar-refractivity contribution >= 4 is 17.2 Å². The molecule has 0 saturated heterocycles. The number of carbonyl (C=O) groups excluding carboxylic acids is 1. The summed E-state index contributed by atoms with van der Waals surface area (Å²) in [6.07, 6.45) is 0. The van der Waals surface area contributed by atoms with Crippen molar-refractivity contribution in [2.24, 2.45) is 5.73 Å². The van der Waals surface area contributed by atoms with Gasteiger partial charge >= 0.3 is 0 Å². The van der Waals surface area contributed by atoms with E-state index in [0.29, 0.717) is 5.01 Å². The molecule has 7 heteroatoms. The normalized spacial score (nSPS) is 11.3. The van der Waals surface area contributed by atoms with Crippen LogP contribution in [0.4, 0.5) is 0 Å². The van der Waals surface area contributed by atoms with Crippen molar-refractivity contribution < 1.29 is 4.79 Å². The summed E-state index contributed by atoms with van der Waals surface area (Å²) in [6, 6.07) is 3.44. The van der Waals surface area contributed by atoms with Crippen LogP contribution in [-0.2, 0) is 0 Å². The zero-order valence-corrected chi connectivity index (χ0v) is 10.1. The Morgan fingerprint density at radius 2 is 2.18 bits per heavy atom. The largest absolute Gasteiger partial charge is 0.322 e. The molecule has 1 amide bonds. The van der Waals surface area contributed by atoms with Crippen molar-refractivity contribution in [1.29, 1.82) is 10.5 Å². The maximum atomic E-state index is 11.9. The monoisotopic (exact) mass is 249 g/mol. The molecule has 1 rings (SSSR count). The van der Waals surface area contributed by atoms with Crippen molar-refractivity contribution in [2.75, 3.05) is 13.1 Å². The average Bonchev–Trinajstić information content (AvgIpc) is 2.77. The summed E-state index contributed by atoms with van der Waals surface area (Å²) < 4.78 is 0. The number of carbonyl (C=O) groups is 1. The van der Waals surface area contributed by atoms with Gasteiger partial charge in [-0.1, -0.05) is 0 Å². The van der Waals surface area contributed by atoms with Gasteiger partial charge in [-0.15, -0.1) is 11.3 Å². The predicted octanol–water partition coefficient (Wildman–Crippen LogP) is 0.652. The van der Waals surface area contributed by atoms with E-state index < -0.39 is 5.91 Å². The smallest absolute Gasteiger partial charge is 0.275 e. The SMILES string of the molecule is CC(N)c1nc(C(=O)N(CC#N)CC#N)cs1. The second-order valence-corrected chi connectivity index (χ2v) is 4.23. The molecule has 1 aromatic heterocycles. The lowest BCUT2D eigenvalue weighted by atomic mass is 10.3. The topological polar surface area (TPSA) is 107 Å². The van der Waals surface area contributed by atoms with Crippen molar-refractivity contribution in [2.45, 2.75) is 13.0 Å². The molecule has 0 aromatic carbocycles. The molecule has 0 aliphatic rings. The van der Waals surface area contributed by atoms with E-state index in [1.165, 1.54) is 11.3 Å². The van der Waals surface area contributed by atoms with E-state index in [-0.39, 0.29) is 24.8 Å². The number of nitrogens with zero attached hydrogens (tertiary/aromatic N) is 4. The van der Waals surface area contributed by atoms with E-state index >= 15 is 0 Å². The maximum Gasteiger partial charge on any atom is 0.275 e. The first-order valence-corrected chi connectivity index (χ1v) is 5.72. The van der Waals surface area contributed by atoms with Gasteiger partial charge < -0.3 is 10.6 Å². The third kappa shape index (κ3) is 3.25. The van der Waals surface area contributed by atoms with Crippen molar-refractivity contribution in [3.63, 3.8) is 0 Å². The second-order valence-electron chi connectivity index (χ2n) is 3.34. The van der Waals surface area contributed by atoms with Gasteiger partial charge in [-0.25, -0.2) is 4.98 Å². The number of aromatic nitrogens is 1. The highest BCUT2D eigenvalue weighted by molar-refractivity contribution is 7.09. The van der Waals surface area contributed by atoms with Crippen LogP contribution in [0.5, 0.6) is 0 Å². The van der Waals surface area contributed by atoms with Crippen LogP contribution in [0.2, 0.25) is 0 Å². The molecule has 17 heavy (non-hydrogen) atoms. The Bertz CT molecular complexity index is 466. The first kappa shape index (κ1) is 13.1. The summed E-state index contributed by atoms with van der Waals surface area (Å²) >= 11 is 1.29. The summed E-state index contributed by atoms with van der Waals surface area (Å²) in [5.74, 6) is -0.420. The van der Waals surface area contributed by atoms with Crippen LogP contribution in [0, 0.1) is 22.7 Å². The standard InChI is InChI=1S/C10H11N5OS/c1-7(13)9-14-8(6-17-9)10(16)15(4-2-11)5-3-12/h6-7H,4-5,13H2,1H3. The van der Waals surface area contributed by atoms with Crippen LogP contribution in [0.25, 0.3) is 0 Å². The predicted molar refractivity (Wildman–Crippen MR) is 61.8 cm³/mol. The van der Waals surface area contributed by atoms with E-state index in [2.05, 4.69) is 4.98 Å². The Kier molecular flexibility index (Phi) is 4.58. The highest BCUT2D eigenvalue weighted by Gasteiger charge is 2.19. The lowest BCUT2D eigenvalue weighted by molar-refractivity contribution is 0.0789. The first-order chi connectivity index (χ1) is 8.10.